The highest BCUT2D eigenvalue weighted by Gasteiger charge is 2.40. The summed E-state index contributed by atoms with van der Waals surface area (Å²) in [5, 5.41) is 0.535. The number of nitrogens with zero attached hydrogens (tertiary/aromatic N) is 1. The highest BCUT2D eigenvalue weighted by Crippen LogP contribution is 2.29. The largest absolute Gasteiger partial charge is 0.492 e. The molecule has 0 bridgehead atoms. The molecule has 2 aliphatic heterocycles. The summed E-state index contributed by atoms with van der Waals surface area (Å²) in [4.78, 5) is 41.9. The summed E-state index contributed by atoms with van der Waals surface area (Å²) in [7, 11) is 0. The number of fused-ring (bicyclic) bond motifs is 2. The minimum atomic E-state index is -0.654. The van der Waals surface area contributed by atoms with Gasteiger partial charge < -0.3 is 9.57 Å². The predicted molar refractivity (Wildman–Crippen MR) is 82.2 cm³/mol. The molecule has 1 atom stereocenters. The number of para-hydroxylation sites is 1. The van der Waals surface area contributed by atoms with E-state index in [1.807, 2.05) is 24.3 Å². The zero-order valence-electron chi connectivity index (χ0n) is 12.6. The second kappa shape index (κ2) is 5.49. The second-order valence-corrected chi connectivity index (χ2v) is 5.68. The Kier molecular flexibility index (Phi) is 3.30. The summed E-state index contributed by atoms with van der Waals surface area (Å²) < 4.78 is 5.55. The van der Waals surface area contributed by atoms with Crippen LogP contribution in [0, 0.1) is 5.92 Å². The number of hydrogen-bond donors (Lipinski definition) is 0. The molecule has 6 heteroatoms. The van der Waals surface area contributed by atoms with E-state index < -0.39 is 23.7 Å². The van der Waals surface area contributed by atoms with E-state index >= 15 is 0 Å². The SMILES string of the molecule is O=C(ON1C(=O)c2ccccc2C1=O)C1COc2ccccc2C1. The Morgan fingerprint density at radius 3 is 2.33 bits per heavy atom. The average Bonchev–Trinajstić information content (AvgIpc) is 2.86. The van der Waals surface area contributed by atoms with Crippen molar-refractivity contribution in [2.75, 3.05) is 6.61 Å². The van der Waals surface area contributed by atoms with Crippen molar-refractivity contribution in [1.82, 2.24) is 5.06 Å². The summed E-state index contributed by atoms with van der Waals surface area (Å²) in [5.41, 5.74) is 1.37. The van der Waals surface area contributed by atoms with Gasteiger partial charge in [0.1, 0.15) is 12.4 Å². The first-order valence-electron chi connectivity index (χ1n) is 7.55. The number of benzene rings is 2. The molecule has 0 saturated carbocycles. The number of carbonyl (C=O) groups excluding carboxylic acids is 3. The average molecular weight is 323 g/mol. The Balaban J connectivity index is 1.50. The number of hydroxylamine groups is 2. The molecular formula is C18H13NO5. The Morgan fingerprint density at radius 1 is 1.00 bits per heavy atom. The third-order valence-corrected chi connectivity index (χ3v) is 4.15. The van der Waals surface area contributed by atoms with Crippen LogP contribution in [0.4, 0.5) is 0 Å². The third kappa shape index (κ3) is 2.23. The number of rotatable bonds is 2. The van der Waals surface area contributed by atoms with Gasteiger partial charge in [-0.15, -0.1) is 0 Å². The summed E-state index contributed by atoms with van der Waals surface area (Å²) in [6.07, 6.45) is 0.443. The van der Waals surface area contributed by atoms with Crippen molar-refractivity contribution in [1.29, 1.82) is 0 Å². The van der Waals surface area contributed by atoms with Gasteiger partial charge in [-0.1, -0.05) is 35.4 Å². The topological polar surface area (TPSA) is 72.9 Å². The molecule has 0 saturated heterocycles. The van der Waals surface area contributed by atoms with E-state index in [2.05, 4.69) is 0 Å². The van der Waals surface area contributed by atoms with Gasteiger partial charge in [0.05, 0.1) is 17.0 Å². The first-order valence-corrected chi connectivity index (χ1v) is 7.55. The second-order valence-electron chi connectivity index (χ2n) is 5.68. The molecular weight excluding hydrogens is 310 g/mol. The maximum absolute atomic E-state index is 12.4. The lowest BCUT2D eigenvalue weighted by Gasteiger charge is -2.24. The molecule has 0 N–H and O–H groups in total. The lowest BCUT2D eigenvalue weighted by Crippen LogP contribution is -2.38. The van der Waals surface area contributed by atoms with E-state index in [0.29, 0.717) is 11.5 Å². The molecule has 0 spiro atoms. The number of imide groups is 1. The van der Waals surface area contributed by atoms with Crippen LogP contribution >= 0.6 is 0 Å². The molecule has 2 aromatic rings. The van der Waals surface area contributed by atoms with Crippen LogP contribution in [0.1, 0.15) is 26.3 Å². The molecule has 2 aliphatic rings. The van der Waals surface area contributed by atoms with Gasteiger partial charge in [0.15, 0.2) is 0 Å². The number of hydrogen-bond acceptors (Lipinski definition) is 5. The van der Waals surface area contributed by atoms with E-state index in [1.54, 1.807) is 12.1 Å². The van der Waals surface area contributed by atoms with Gasteiger partial charge in [0.25, 0.3) is 11.8 Å². The molecule has 2 heterocycles. The number of amides is 2. The lowest BCUT2D eigenvalue weighted by atomic mass is 9.97. The van der Waals surface area contributed by atoms with Crippen molar-refractivity contribution in [3.05, 3.63) is 65.2 Å². The minimum absolute atomic E-state index is 0.152. The van der Waals surface area contributed by atoms with Crippen LogP contribution < -0.4 is 4.74 Å². The highest BCUT2D eigenvalue weighted by molar-refractivity contribution is 6.20. The molecule has 2 aromatic carbocycles. The van der Waals surface area contributed by atoms with Crippen molar-refractivity contribution >= 4 is 17.8 Å². The Morgan fingerprint density at radius 2 is 1.62 bits per heavy atom. The minimum Gasteiger partial charge on any atom is -0.492 e. The van der Waals surface area contributed by atoms with Crippen LogP contribution in [0.15, 0.2) is 48.5 Å². The van der Waals surface area contributed by atoms with Crippen molar-refractivity contribution in [2.45, 2.75) is 6.42 Å². The van der Waals surface area contributed by atoms with E-state index in [1.165, 1.54) is 12.1 Å². The van der Waals surface area contributed by atoms with Gasteiger partial charge >= 0.3 is 5.97 Å². The van der Waals surface area contributed by atoms with Gasteiger partial charge in [-0.2, -0.15) is 0 Å². The van der Waals surface area contributed by atoms with Gasteiger partial charge in [0, 0.05) is 0 Å². The fourth-order valence-corrected chi connectivity index (χ4v) is 2.89. The summed E-state index contributed by atoms with van der Waals surface area (Å²) in [6.45, 7) is 0.152. The van der Waals surface area contributed by atoms with Crippen molar-refractivity contribution < 1.29 is 24.0 Å². The monoisotopic (exact) mass is 323 g/mol. The highest BCUT2D eigenvalue weighted by atomic mass is 16.7. The maximum atomic E-state index is 12.4. The van der Waals surface area contributed by atoms with Crippen LogP contribution in [0.3, 0.4) is 0 Å². The van der Waals surface area contributed by atoms with Crippen molar-refractivity contribution in [3.63, 3.8) is 0 Å². The standard InChI is InChI=1S/C18H13NO5/c20-16-13-6-2-3-7-14(13)17(21)19(16)24-18(22)12-9-11-5-1-4-8-15(11)23-10-12/h1-8,12H,9-10H2. The van der Waals surface area contributed by atoms with Crippen LogP contribution in [-0.4, -0.2) is 29.5 Å². The zero-order chi connectivity index (χ0) is 16.7. The molecule has 0 aliphatic carbocycles. The fourth-order valence-electron chi connectivity index (χ4n) is 2.89. The summed E-state index contributed by atoms with van der Waals surface area (Å²) >= 11 is 0. The van der Waals surface area contributed by atoms with Gasteiger partial charge in [-0.3, -0.25) is 9.59 Å². The molecule has 0 radical (unpaired) electrons. The molecule has 0 fully saturated rings. The van der Waals surface area contributed by atoms with Crippen molar-refractivity contribution in [3.8, 4) is 5.75 Å². The van der Waals surface area contributed by atoms with E-state index in [-0.39, 0.29) is 17.7 Å². The van der Waals surface area contributed by atoms with Crippen LogP contribution in [0.5, 0.6) is 5.75 Å². The summed E-state index contributed by atoms with van der Waals surface area (Å²) in [5.74, 6) is -1.73. The molecule has 120 valence electrons. The Labute approximate surface area is 137 Å². The van der Waals surface area contributed by atoms with E-state index in [9.17, 15) is 14.4 Å². The van der Waals surface area contributed by atoms with Crippen LogP contribution in [0.2, 0.25) is 0 Å². The maximum Gasteiger partial charge on any atom is 0.340 e. The smallest absolute Gasteiger partial charge is 0.340 e. The van der Waals surface area contributed by atoms with Crippen molar-refractivity contribution in [2.24, 2.45) is 5.92 Å². The van der Waals surface area contributed by atoms with Crippen LogP contribution in [-0.2, 0) is 16.1 Å². The van der Waals surface area contributed by atoms with Gasteiger partial charge in [-0.05, 0) is 30.2 Å². The Bertz CT molecular complexity index is 825. The molecule has 6 nitrogen and oxygen atoms in total. The van der Waals surface area contributed by atoms with Crippen LogP contribution in [0.25, 0.3) is 0 Å². The molecule has 0 aromatic heterocycles. The zero-order valence-corrected chi connectivity index (χ0v) is 12.6. The predicted octanol–water partition coefficient (Wildman–Crippen LogP) is 1.99. The number of carbonyl (C=O) groups is 3. The molecule has 1 unspecified atom stereocenters. The van der Waals surface area contributed by atoms with E-state index in [4.69, 9.17) is 9.57 Å². The normalized spacial score (nSPS) is 18.7. The molecule has 24 heavy (non-hydrogen) atoms. The molecule has 4 rings (SSSR count). The number of ether oxygens (including phenoxy) is 1. The van der Waals surface area contributed by atoms with E-state index in [0.717, 1.165) is 11.3 Å². The summed E-state index contributed by atoms with van der Waals surface area (Å²) in [6, 6.07) is 13.8. The lowest BCUT2D eigenvalue weighted by molar-refractivity contribution is -0.175. The quantitative estimate of drug-likeness (QED) is 0.790. The first-order chi connectivity index (χ1) is 11.6. The molecule has 2 amide bonds. The van der Waals surface area contributed by atoms with Gasteiger partial charge in [0.2, 0.25) is 0 Å². The van der Waals surface area contributed by atoms with Gasteiger partial charge in [-0.25, -0.2) is 4.79 Å². The fraction of sp³-hybridized carbons (Fsp3) is 0.167. The Hall–Kier alpha value is -3.15. The first kappa shape index (κ1) is 14.4. The third-order valence-electron chi connectivity index (χ3n) is 4.15.